The highest BCUT2D eigenvalue weighted by Gasteiger charge is 2.39. The summed E-state index contributed by atoms with van der Waals surface area (Å²) in [5.41, 5.74) is 5.80. The van der Waals surface area contributed by atoms with E-state index in [4.69, 9.17) is 4.74 Å². The number of ether oxygens (including phenoxy) is 1. The molecular formula is C29H33N5O2. The van der Waals surface area contributed by atoms with Crippen LogP contribution in [0.2, 0.25) is 0 Å². The molecular weight excluding hydrogens is 450 g/mol. The van der Waals surface area contributed by atoms with Crippen LogP contribution in [0.1, 0.15) is 41.4 Å². The van der Waals surface area contributed by atoms with Crippen molar-refractivity contribution >= 4 is 16.8 Å². The number of amides is 1. The van der Waals surface area contributed by atoms with Crippen molar-refractivity contribution in [3.05, 3.63) is 77.7 Å². The Kier molecular flexibility index (Phi) is 6.74. The monoisotopic (exact) mass is 483 g/mol. The summed E-state index contributed by atoms with van der Waals surface area (Å²) in [5, 5.41) is 8.30. The molecule has 0 radical (unpaired) electrons. The van der Waals surface area contributed by atoms with Gasteiger partial charge in [-0.05, 0) is 44.2 Å². The Hall–Kier alpha value is -3.71. The van der Waals surface area contributed by atoms with Crippen LogP contribution in [0.15, 0.2) is 61.1 Å². The molecule has 4 aromatic rings. The molecule has 1 N–H and O–H groups in total. The quantitative estimate of drug-likeness (QED) is 0.378. The van der Waals surface area contributed by atoms with Crippen LogP contribution in [0.25, 0.3) is 22.0 Å². The van der Waals surface area contributed by atoms with Crippen LogP contribution in [0, 0.1) is 12.8 Å². The highest BCUT2D eigenvalue weighted by Crippen LogP contribution is 2.38. The average molecular weight is 484 g/mol. The minimum atomic E-state index is -0.121. The van der Waals surface area contributed by atoms with Gasteiger partial charge in [0.25, 0.3) is 5.91 Å². The van der Waals surface area contributed by atoms with Gasteiger partial charge in [0.2, 0.25) is 0 Å². The van der Waals surface area contributed by atoms with E-state index >= 15 is 0 Å². The number of aromatic nitrogens is 3. The SMILES string of the molecule is CCOc1cc(C(=O)N(C)[C@H](c2cncc3cn[nH]c23)C2CN(CC)C2)ccc1-c1cccc(C)c1. The van der Waals surface area contributed by atoms with Crippen molar-refractivity contribution in [2.24, 2.45) is 5.92 Å². The van der Waals surface area contributed by atoms with E-state index in [1.165, 1.54) is 5.56 Å². The van der Waals surface area contributed by atoms with E-state index in [1.54, 1.807) is 12.4 Å². The number of nitrogens with one attached hydrogen (secondary N) is 1. The van der Waals surface area contributed by atoms with Crippen molar-refractivity contribution in [1.29, 1.82) is 0 Å². The van der Waals surface area contributed by atoms with Crippen LogP contribution >= 0.6 is 0 Å². The van der Waals surface area contributed by atoms with Crippen LogP contribution in [0.3, 0.4) is 0 Å². The smallest absolute Gasteiger partial charge is 0.254 e. The van der Waals surface area contributed by atoms with Gasteiger partial charge in [0, 0.05) is 60.5 Å². The molecule has 1 aliphatic rings. The number of aromatic amines is 1. The van der Waals surface area contributed by atoms with Crippen LogP contribution in [-0.4, -0.2) is 64.2 Å². The van der Waals surface area contributed by atoms with Crippen molar-refractivity contribution < 1.29 is 9.53 Å². The molecule has 186 valence electrons. The molecule has 1 fully saturated rings. The number of benzene rings is 2. The summed E-state index contributed by atoms with van der Waals surface area (Å²) in [5.74, 6) is 0.993. The molecule has 1 saturated heterocycles. The lowest BCUT2D eigenvalue weighted by Crippen LogP contribution is -2.53. The lowest BCUT2D eigenvalue weighted by molar-refractivity contribution is 0.0285. The average Bonchev–Trinajstić information content (AvgIpc) is 3.35. The number of carbonyl (C=O) groups excluding carboxylic acids is 1. The van der Waals surface area contributed by atoms with E-state index in [1.807, 2.05) is 49.3 Å². The van der Waals surface area contributed by atoms with E-state index in [0.717, 1.165) is 53.0 Å². The molecule has 2 aromatic carbocycles. The molecule has 7 heteroatoms. The number of fused-ring (bicyclic) bond motifs is 1. The van der Waals surface area contributed by atoms with E-state index in [0.29, 0.717) is 18.1 Å². The maximum Gasteiger partial charge on any atom is 0.254 e. The van der Waals surface area contributed by atoms with Gasteiger partial charge in [-0.2, -0.15) is 5.10 Å². The second kappa shape index (κ2) is 10.1. The third-order valence-electron chi connectivity index (χ3n) is 7.18. The summed E-state index contributed by atoms with van der Waals surface area (Å²) in [7, 11) is 1.89. The zero-order valence-electron chi connectivity index (χ0n) is 21.4. The number of hydrogen-bond acceptors (Lipinski definition) is 5. The van der Waals surface area contributed by atoms with Gasteiger partial charge >= 0.3 is 0 Å². The Morgan fingerprint density at radius 3 is 2.75 bits per heavy atom. The zero-order chi connectivity index (χ0) is 25.2. The predicted octanol–water partition coefficient (Wildman–Crippen LogP) is 5.10. The highest BCUT2D eigenvalue weighted by atomic mass is 16.5. The Morgan fingerprint density at radius 1 is 1.17 bits per heavy atom. The number of aryl methyl sites for hydroxylation is 1. The first-order valence-electron chi connectivity index (χ1n) is 12.6. The number of rotatable bonds is 8. The maximum absolute atomic E-state index is 13.9. The molecule has 7 nitrogen and oxygen atoms in total. The standard InChI is InChI=1S/C29H33N5O2/c1-5-34-17-23(18-34)28(25-16-30-14-22-15-31-32-27(22)25)33(4)29(35)21-10-11-24(26(13-21)36-6-2)20-9-7-8-19(3)12-20/h7-16,23,28H,5-6,17-18H2,1-4H3,(H,31,32)/t28-/m0/s1. The number of H-pyrrole nitrogens is 1. The molecule has 0 aliphatic carbocycles. The number of carbonyl (C=O) groups is 1. The van der Waals surface area contributed by atoms with Gasteiger partial charge in [-0.25, -0.2) is 0 Å². The normalized spacial score (nSPS) is 15.0. The van der Waals surface area contributed by atoms with E-state index in [9.17, 15) is 4.79 Å². The van der Waals surface area contributed by atoms with Crippen molar-refractivity contribution in [2.75, 3.05) is 33.3 Å². The molecule has 5 rings (SSSR count). The van der Waals surface area contributed by atoms with Crippen LogP contribution in [0.5, 0.6) is 5.75 Å². The lowest BCUT2D eigenvalue weighted by Gasteiger charge is -2.46. The third kappa shape index (κ3) is 4.46. The number of pyridine rings is 1. The van der Waals surface area contributed by atoms with Crippen molar-refractivity contribution in [3.8, 4) is 16.9 Å². The van der Waals surface area contributed by atoms with Gasteiger partial charge in [0.1, 0.15) is 5.75 Å². The molecule has 0 spiro atoms. The fourth-order valence-corrected chi connectivity index (χ4v) is 5.27. The molecule has 2 aromatic heterocycles. The zero-order valence-corrected chi connectivity index (χ0v) is 21.4. The molecule has 3 heterocycles. The second-order valence-electron chi connectivity index (χ2n) is 9.55. The number of hydrogen-bond donors (Lipinski definition) is 1. The third-order valence-corrected chi connectivity index (χ3v) is 7.18. The fourth-order valence-electron chi connectivity index (χ4n) is 5.27. The summed E-state index contributed by atoms with van der Waals surface area (Å²) < 4.78 is 6.00. The Labute approximate surface area is 212 Å². The number of nitrogens with zero attached hydrogens (tertiary/aromatic N) is 4. The molecule has 1 amide bonds. The molecule has 0 saturated carbocycles. The van der Waals surface area contributed by atoms with E-state index in [-0.39, 0.29) is 11.9 Å². The van der Waals surface area contributed by atoms with Gasteiger partial charge in [-0.1, -0.05) is 36.8 Å². The van der Waals surface area contributed by atoms with Crippen molar-refractivity contribution in [2.45, 2.75) is 26.8 Å². The van der Waals surface area contributed by atoms with Gasteiger partial charge in [-0.3, -0.25) is 14.9 Å². The minimum absolute atomic E-state index is 0.0387. The van der Waals surface area contributed by atoms with Crippen LogP contribution in [0.4, 0.5) is 0 Å². The summed E-state index contributed by atoms with van der Waals surface area (Å²) >= 11 is 0. The van der Waals surface area contributed by atoms with Gasteiger partial charge in [0.15, 0.2) is 0 Å². The molecule has 36 heavy (non-hydrogen) atoms. The largest absolute Gasteiger partial charge is 0.493 e. The molecule has 0 bridgehead atoms. The van der Waals surface area contributed by atoms with E-state index in [2.05, 4.69) is 52.1 Å². The van der Waals surface area contributed by atoms with Gasteiger partial charge < -0.3 is 14.5 Å². The second-order valence-corrected chi connectivity index (χ2v) is 9.55. The first-order chi connectivity index (χ1) is 17.5. The first kappa shape index (κ1) is 24.0. The summed E-state index contributed by atoms with van der Waals surface area (Å²) in [6.45, 7) is 9.63. The van der Waals surface area contributed by atoms with Crippen LogP contribution < -0.4 is 4.74 Å². The topological polar surface area (TPSA) is 74.3 Å². The Bertz CT molecular complexity index is 1380. The van der Waals surface area contributed by atoms with Gasteiger partial charge in [-0.15, -0.1) is 0 Å². The molecule has 0 unspecified atom stereocenters. The van der Waals surface area contributed by atoms with Crippen LogP contribution in [-0.2, 0) is 0 Å². The molecule has 1 aliphatic heterocycles. The lowest BCUT2D eigenvalue weighted by atomic mass is 9.85. The highest BCUT2D eigenvalue weighted by molar-refractivity contribution is 5.96. The molecule has 1 atom stereocenters. The van der Waals surface area contributed by atoms with Crippen molar-refractivity contribution in [1.82, 2.24) is 25.0 Å². The summed E-state index contributed by atoms with van der Waals surface area (Å²) in [6, 6.07) is 14.0. The maximum atomic E-state index is 13.9. The fraction of sp³-hybridized carbons (Fsp3) is 0.345. The van der Waals surface area contributed by atoms with Crippen molar-refractivity contribution in [3.63, 3.8) is 0 Å². The van der Waals surface area contributed by atoms with Gasteiger partial charge in [0.05, 0.1) is 24.4 Å². The minimum Gasteiger partial charge on any atom is -0.493 e. The van der Waals surface area contributed by atoms with E-state index < -0.39 is 0 Å². The Balaban J connectivity index is 1.50. The predicted molar refractivity (Wildman–Crippen MR) is 142 cm³/mol. The number of likely N-dealkylation sites (tertiary alicyclic amines) is 1. The first-order valence-corrected chi connectivity index (χ1v) is 12.6. The summed E-state index contributed by atoms with van der Waals surface area (Å²) in [6.07, 6.45) is 5.46. The Morgan fingerprint density at radius 2 is 2.00 bits per heavy atom. The summed E-state index contributed by atoms with van der Waals surface area (Å²) in [4.78, 5) is 22.6.